The Morgan fingerprint density at radius 2 is 1.46 bits per heavy atom. The number of nitrogens with one attached hydrogen (secondary N) is 1. The molecule has 0 aromatic carbocycles. The average molecular weight is 334 g/mol. The second-order valence-electron chi connectivity index (χ2n) is 7.97. The summed E-state index contributed by atoms with van der Waals surface area (Å²) in [5, 5.41) is 3.64. The molecule has 2 bridgehead atoms. The first-order valence-corrected chi connectivity index (χ1v) is 9.79. The Balaban J connectivity index is 1.36. The third-order valence-corrected chi connectivity index (χ3v) is 6.25. The molecular weight excluding hydrogens is 304 g/mol. The van der Waals surface area contributed by atoms with Gasteiger partial charge in [-0.15, -0.1) is 0 Å². The molecule has 0 aliphatic carbocycles. The number of carbonyl (C=O) groups is 2. The molecule has 3 amide bonds. The summed E-state index contributed by atoms with van der Waals surface area (Å²) in [7, 11) is 0. The molecule has 0 saturated carbocycles. The van der Waals surface area contributed by atoms with E-state index in [4.69, 9.17) is 0 Å². The first kappa shape index (κ1) is 16.2. The van der Waals surface area contributed by atoms with Crippen molar-refractivity contribution in [2.75, 3.05) is 39.3 Å². The number of piperidine rings is 1. The Morgan fingerprint density at radius 3 is 2.29 bits per heavy atom. The van der Waals surface area contributed by atoms with Crippen LogP contribution in [0.5, 0.6) is 0 Å². The fourth-order valence-corrected chi connectivity index (χ4v) is 4.86. The van der Waals surface area contributed by atoms with Crippen LogP contribution >= 0.6 is 0 Å². The molecule has 0 spiro atoms. The summed E-state index contributed by atoms with van der Waals surface area (Å²) in [5.41, 5.74) is 0. The summed E-state index contributed by atoms with van der Waals surface area (Å²) in [4.78, 5) is 31.6. The van der Waals surface area contributed by atoms with Crippen LogP contribution in [0.15, 0.2) is 0 Å². The van der Waals surface area contributed by atoms with Gasteiger partial charge < -0.3 is 20.0 Å². The zero-order valence-corrected chi connectivity index (χ0v) is 14.6. The number of hydrogen-bond donors (Lipinski definition) is 1. The number of carbonyl (C=O) groups excluding carboxylic acids is 2. The predicted molar refractivity (Wildman–Crippen MR) is 91.6 cm³/mol. The lowest BCUT2D eigenvalue weighted by molar-refractivity contribution is -0.137. The maximum absolute atomic E-state index is 13.0. The van der Waals surface area contributed by atoms with Gasteiger partial charge in [-0.2, -0.15) is 0 Å². The van der Waals surface area contributed by atoms with Gasteiger partial charge in [-0.05, 0) is 44.9 Å². The summed E-state index contributed by atoms with van der Waals surface area (Å²) in [5.74, 6) is 0.283. The van der Waals surface area contributed by atoms with Gasteiger partial charge in [0.1, 0.15) is 0 Å². The predicted octanol–water partition coefficient (Wildman–Crippen LogP) is 1.27. The van der Waals surface area contributed by atoms with E-state index in [1.54, 1.807) is 0 Å². The number of hydrogen-bond acceptors (Lipinski definition) is 3. The van der Waals surface area contributed by atoms with Gasteiger partial charge in [0.05, 0.1) is 5.92 Å². The molecule has 4 fully saturated rings. The van der Waals surface area contributed by atoms with E-state index in [9.17, 15) is 9.59 Å². The third kappa shape index (κ3) is 3.25. The normalized spacial score (nSPS) is 33.7. The van der Waals surface area contributed by atoms with Gasteiger partial charge in [-0.3, -0.25) is 4.79 Å². The van der Waals surface area contributed by atoms with E-state index in [-0.39, 0.29) is 17.9 Å². The topological polar surface area (TPSA) is 55.9 Å². The third-order valence-electron chi connectivity index (χ3n) is 6.25. The van der Waals surface area contributed by atoms with Crippen LogP contribution in [-0.2, 0) is 4.79 Å². The van der Waals surface area contributed by atoms with Gasteiger partial charge in [0.25, 0.3) is 0 Å². The second-order valence-corrected chi connectivity index (χ2v) is 7.97. The summed E-state index contributed by atoms with van der Waals surface area (Å²) in [6, 6.07) is 1.24. The number of nitrogens with zero attached hydrogens (tertiary/aromatic N) is 3. The minimum atomic E-state index is 0.00179. The smallest absolute Gasteiger partial charge is 0.320 e. The Labute approximate surface area is 144 Å². The molecule has 134 valence electrons. The summed E-state index contributed by atoms with van der Waals surface area (Å²) in [6.45, 7) is 4.93. The van der Waals surface area contributed by atoms with Crippen molar-refractivity contribution in [1.29, 1.82) is 0 Å². The van der Waals surface area contributed by atoms with Crippen molar-refractivity contribution in [3.63, 3.8) is 0 Å². The first-order chi connectivity index (χ1) is 11.7. The Morgan fingerprint density at radius 1 is 0.708 bits per heavy atom. The fraction of sp³-hybridized carbons (Fsp3) is 0.889. The van der Waals surface area contributed by atoms with Gasteiger partial charge in [0, 0.05) is 51.4 Å². The molecule has 4 aliphatic heterocycles. The average Bonchev–Trinajstić information content (AvgIpc) is 3.23. The molecule has 6 heteroatoms. The highest BCUT2D eigenvalue weighted by Crippen LogP contribution is 2.25. The van der Waals surface area contributed by atoms with Gasteiger partial charge in [-0.25, -0.2) is 4.79 Å². The maximum atomic E-state index is 13.0. The minimum absolute atomic E-state index is 0.00179. The molecule has 6 nitrogen and oxygen atoms in total. The molecule has 0 aromatic heterocycles. The van der Waals surface area contributed by atoms with Crippen LogP contribution in [0.1, 0.15) is 44.9 Å². The molecule has 4 rings (SSSR count). The van der Waals surface area contributed by atoms with E-state index in [2.05, 4.69) is 10.2 Å². The van der Waals surface area contributed by atoms with Crippen LogP contribution in [0, 0.1) is 5.92 Å². The minimum Gasteiger partial charge on any atom is -0.341 e. The molecule has 4 heterocycles. The van der Waals surface area contributed by atoms with E-state index in [0.717, 1.165) is 64.8 Å². The number of likely N-dealkylation sites (tertiary alicyclic amines) is 3. The molecule has 0 radical (unpaired) electrons. The van der Waals surface area contributed by atoms with Crippen molar-refractivity contribution in [2.45, 2.75) is 57.0 Å². The molecule has 0 aromatic rings. The van der Waals surface area contributed by atoms with Crippen LogP contribution in [0.25, 0.3) is 0 Å². The maximum Gasteiger partial charge on any atom is 0.320 e. The highest BCUT2D eigenvalue weighted by atomic mass is 16.2. The molecule has 4 aliphatic rings. The molecule has 1 N–H and O–H groups in total. The lowest BCUT2D eigenvalue weighted by Crippen LogP contribution is -2.51. The molecule has 4 saturated heterocycles. The second kappa shape index (κ2) is 6.90. The zero-order chi connectivity index (χ0) is 16.5. The summed E-state index contributed by atoms with van der Waals surface area (Å²) in [6.07, 6.45) is 7.64. The molecule has 3 unspecified atom stereocenters. The lowest BCUT2D eigenvalue weighted by Gasteiger charge is -2.37. The highest BCUT2D eigenvalue weighted by molar-refractivity contribution is 5.81. The molecule has 3 atom stereocenters. The number of rotatable bonds is 1. The summed E-state index contributed by atoms with van der Waals surface area (Å²) < 4.78 is 0. The van der Waals surface area contributed by atoms with E-state index in [0.29, 0.717) is 18.6 Å². The standard InChI is InChI=1S/C18H30N4O2/c23-17(21-11-7-15-5-6-16(13-21)19-15)14-4-3-10-22(12-14)18(24)20-8-1-2-9-20/h14-16,19H,1-13H2. The zero-order valence-electron chi connectivity index (χ0n) is 14.6. The van der Waals surface area contributed by atoms with Crippen LogP contribution in [0.4, 0.5) is 4.79 Å². The molecule has 24 heavy (non-hydrogen) atoms. The van der Waals surface area contributed by atoms with Crippen molar-refractivity contribution >= 4 is 11.9 Å². The number of urea groups is 1. The first-order valence-electron chi connectivity index (χ1n) is 9.79. The van der Waals surface area contributed by atoms with Crippen molar-refractivity contribution in [2.24, 2.45) is 5.92 Å². The van der Waals surface area contributed by atoms with E-state index >= 15 is 0 Å². The van der Waals surface area contributed by atoms with Crippen molar-refractivity contribution in [3.05, 3.63) is 0 Å². The summed E-state index contributed by atoms with van der Waals surface area (Å²) >= 11 is 0. The quantitative estimate of drug-likeness (QED) is 0.786. The fourth-order valence-electron chi connectivity index (χ4n) is 4.86. The van der Waals surface area contributed by atoms with Gasteiger partial charge in [0.2, 0.25) is 5.91 Å². The van der Waals surface area contributed by atoms with Gasteiger partial charge >= 0.3 is 6.03 Å². The van der Waals surface area contributed by atoms with Gasteiger partial charge in [-0.1, -0.05) is 0 Å². The lowest BCUT2D eigenvalue weighted by atomic mass is 9.96. The van der Waals surface area contributed by atoms with E-state index < -0.39 is 0 Å². The van der Waals surface area contributed by atoms with Crippen LogP contribution in [-0.4, -0.2) is 78.0 Å². The molecular formula is C18H30N4O2. The van der Waals surface area contributed by atoms with E-state index in [1.165, 1.54) is 12.8 Å². The van der Waals surface area contributed by atoms with Crippen LogP contribution in [0.3, 0.4) is 0 Å². The van der Waals surface area contributed by atoms with Gasteiger partial charge in [0.15, 0.2) is 0 Å². The Bertz CT molecular complexity index is 491. The van der Waals surface area contributed by atoms with Crippen molar-refractivity contribution < 1.29 is 9.59 Å². The SMILES string of the molecule is O=C(C1CCCN(C(=O)N2CCCC2)C1)N1CCC2CCC(C1)N2. The van der Waals surface area contributed by atoms with E-state index in [1.807, 2.05) is 9.80 Å². The number of amides is 3. The number of fused-ring (bicyclic) bond motifs is 2. The van der Waals surface area contributed by atoms with Crippen LogP contribution in [0.2, 0.25) is 0 Å². The van der Waals surface area contributed by atoms with Crippen LogP contribution < -0.4 is 5.32 Å². The largest absolute Gasteiger partial charge is 0.341 e. The monoisotopic (exact) mass is 334 g/mol. The van der Waals surface area contributed by atoms with Crippen molar-refractivity contribution in [3.8, 4) is 0 Å². The Hall–Kier alpha value is -1.30. The Kier molecular flexibility index (Phi) is 4.66. The highest BCUT2D eigenvalue weighted by Gasteiger charge is 2.36. The van der Waals surface area contributed by atoms with Crippen molar-refractivity contribution in [1.82, 2.24) is 20.0 Å².